The van der Waals surface area contributed by atoms with Crippen molar-refractivity contribution in [1.29, 1.82) is 0 Å². The largest absolute Gasteiger partial charge is 0.494 e. The van der Waals surface area contributed by atoms with Crippen molar-refractivity contribution in [3.8, 4) is 5.75 Å². The number of carbonyl (C=O) groups excluding carboxylic acids is 1. The summed E-state index contributed by atoms with van der Waals surface area (Å²) in [6.07, 6.45) is -0.0186. The number of ether oxygens (including phenoxy) is 2. The van der Waals surface area contributed by atoms with Crippen LogP contribution in [0, 0.1) is 5.82 Å². The summed E-state index contributed by atoms with van der Waals surface area (Å²) in [4.78, 5) is 11.2. The van der Waals surface area contributed by atoms with Gasteiger partial charge < -0.3 is 15.2 Å². The Kier molecular flexibility index (Phi) is 4.07. The zero-order valence-electron chi connectivity index (χ0n) is 10.1. The number of nitrogens with two attached hydrogens (primary N) is 1. The summed E-state index contributed by atoms with van der Waals surface area (Å²) in [6.45, 7) is 1.64. The fourth-order valence-corrected chi connectivity index (χ4v) is 1.50. The van der Waals surface area contributed by atoms with Crippen LogP contribution in [0.5, 0.6) is 5.75 Å². The van der Waals surface area contributed by atoms with Crippen molar-refractivity contribution in [1.82, 2.24) is 0 Å². The molecule has 0 aliphatic carbocycles. The average molecular weight is 241 g/mol. The summed E-state index contributed by atoms with van der Waals surface area (Å²) in [5, 5.41) is 0. The quantitative estimate of drug-likeness (QED) is 0.813. The molecule has 0 bridgehead atoms. The lowest BCUT2D eigenvalue weighted by Gasteiger charge is -2.24. The first-order chi connectivity index (χ1) is 7.90. The fourth-order valence-electron chi connectivity index (χ4n) is 1.50. The Labute approximate surface area is 99.5 Å². The lowest BCUT2D eigenvalue weighted by Crippen LogP contribution is -2.36. The summed E-state index contributed by atoms with van der Waals surface area (Å²) >= 11 is 0. The molecule has 2 N–H and O–H groups in total. The molecule has 0 aliphatic heterocycles. The second kappa shape index (κ2) is 5.14. The third-order valence-corrected chi connectivity index (χ3v) is 2.55. The number of hydrogen-bond acceptors (Lipinski definition) is 4. The van der Waals surface area contributed by atoms with E-state index in [-0.39, 0.29) is 12.2 Å². The molecule has 94 valence electrons. The minimum absolute atomic E-state index is 0.0186. The van der Waals surface area contributed by atoms with Crippen LogP contribution < -0.4 is 10.5 Å². The van der Waals surface area contributed by atoms with Gasteiger partial charge in [0.1, 0.15) is 0 Å². The van der Waals surface area contributed by atoms with Gasteiger partial charge in [0.15, 0.2) is 11.6 Å². The van der Waals surface area contributed by atoms with Gasteiger partial charge in [0.2, 0.25) is 0 Å². The molecule has 1 rings (SSSR count). The van der Waals surface area contributed by atoms with Crippen LogP contribution in [0.15, 0.2) is 18.2 Å². The first kappa shape index (κ1) is 13.4. The van der Waals surface area contributed by atoms with E-state index in [1.54, 1.807) is 13.0 Å². The molecule has 0 saturated heterocycles. The van der Waals surface area contributed by atoms with Crippen LogP contribution in [0.4, 0.5) is 4.39 Å². The molecular formula is C12H16FNO3. The van der Waals surface area contributed by atoms with Crippen molar-refractivity contribution in [2.45, 2.75) is 18.9 Å². The molecule has 0 heterocycles. The second-order valence-corrected chi connectivity index (χ2v) is 4.02. The molecule has 1 aromatic carbocycles. The van der Waals surface area contributed by atoms with Gasteiger partial charge in [0.05, 0.1) is 20.6 Å². The molecule has 1 atom stereocenters. The zero-order valence-corrected chi connectivity index (χ0v) is 10.1. The average Bonchev–Trinajstić information content (AvgIpc) is 2.28. The molecule has 4 nitrogen and oxygen atoms in total. The lowest BCUT2D eigenvalue weighted by atomic mass is 9.89. The number of carbonyl (C=O) groups is 1. The summed E-state index contributed by atoms with van der Waals surface area (Å²) in [6, 6.07) is 4.37. The normalized spacial score (nSPS) is 13.9. The van der Waals surface area contributed by atoms with Crippen molar-refractivity contribution in [2.24, 2.45) is 5.73 Å². The van der Waals surface area contributed by atoms with Crippen LogP contribution in [0.2, 0.25) is 0 Å². The maximum atomic E-state index is 13.5. The molecule has 0 fully saturated rings. The fraction of sp³-hybridized carbons (Fsp3) is 0.417. The molecular weight excluding hydrogens is 225 g/mol. The van der Waals surface area contributed by atoms with E-state index < -0.39 is 17.3 Å². The standard InChI is InChI=1S/C12H16FNO3/c1-12(14,7-11(15)17-3)8-4-5-10(16-2)9(13)6-8/h4-6H,7,14H2,1-3H3. The highest BCUT2D eigenvalue weighted by molar-refractivity contribution is 5.71. The van der Waals surface area contributed by atoms with Crippen LogP contribution in [0.1, 0.15) is 18.9 Å². The molecule has 5 heteroatoms. The van der Waals surface area contributed by atoms with E-state index in [4.69, 9.17) is 10.5 Å². The number of esters is 1. The first-order valence-corrected chi connectivity index (χ1v) is 5.10. The summed E-state index contributed by atoms with van der Waals surface area (Å²) in [5.41, 5.74) is 5.51. The molecule has 1 aromatic rings. The Morgan fingerprint density at radius 3 is 2.59 bits per heavy atom. The Morgan fingerprint density at radius 1 is 1.47 bits per heavy atom. The Bertz CT molecular complexity index is 418. The van der Waals surface area contributed by atoms with Gasteiger partial charge in [-0.15, -0.1) is 0 Å². The summed E-state index contributed by atoms with van der Waals surface area (Å²) in [7, 11) is 2.67. The van der Waals surface area contributed by atoms with Crippen LogP contribution in [0.3, 0.4) is 0 Å². The Balaban J connectivity index is 2.98. The maximum Gasteiger partial charge on any atom is 0.307 e. The molecule has 0 radical (unpaired) electrons. The Hall–Kier alpha value is -1.62. The van der Waals surface area contributed by atoms with Gasteiger partial charge in [-0.1, -0.05) is 6.07 Å². The van der Waals surface area contributed by atoms with E-state index in [9.17, 15) is 9.18 Å². The molecule has 0 aromatic heterocycles. The molecule has 0 spiro atoms. The molecule has 0 amide bonds. The van der Waals surface area contributed by atoms with E-state index in [0.29, 0.717) is 5.56 Å². The van der Waals surface area contributed by atoms with Gasteiger partial charge in [0, 0.05) is 5.54 Å². The number of hydrogen-bond donors (Lipinski definition) is 1. The van der Waals surface area contributed by atoms with Gasteiger partial charge in [-0.05, 0) is 24.6 Å². The number of rotatable bonds is 4. The first-order valence-electron chi connectivity index (χ1n) is 5.10. The van der Waals surface area contributed by atoms with Crippen molar-refractivity contribution in [3.63, 3.8) is 0 Å². The van der Waals surface area contributed by atoms with E-state index in [0.717, 1.165) is 0 Å². The minimum Gasteiger partial charge on any atom is -0.494 e. The lowest BCUT2D eigenvalue weighted by molar-refractivity contribution is -0.141. The molecule has 0 aliphatic rings. The van der Waals surface area contributed by atoms with Gasteiger partial charge in [0.25, 0.3) is 0 Å². The number of methoxy groups -OCH3 is 2. The summed E-state index contributed by atoms with van der Waals surface area (Å²) < 4.78 is 22.9. The predicted octanol–water partition coefficient (Wildman–Crippen LogP) is 1.57. The van der Waals surface area contributed by atoms with Crippen LogP contribution in [-0.4, -0.2) is 20.2 Å². The van der Waals surface area contributed by atoms with Gasteiger partial charge in [-0.2, -0.15) is 0 Å². The SMILES string of the molecule is COC(=O)CC(C)(N)c1ccc(OC)c(F)c1. The monoisotopic (exact) mass is 241 g/mol. The minimum atomic E-state index is -0.972. The van der Waals surface area contributed by atoms with Crippen LogP contribution in [0.25, 0.3) is 0 Å². The highest BCUT2D eigenvalue weighted by Gasteiger charge is 2.26. The molecule has 17 heavy (non-hydrogen) atoms. The van der Waals surface area contributed by atoms with Crippen molar-refractivity contribution < 1.29 is 18.7 Å². The van der Waals surface area contributed by atoms with Gasteiger partial charge in [-0.3, -0.25) is 4.79 Å². The highest BCUT2D eigenvalue weighted by atomic mass is 19.1. The number of halogens is 1. The molecule has 1 unspecified atom stereocenters. The molecule has 0 saturated carbocycles. The van der Waals surface area contributed by atoms with E-state index in [1.807, 2.05) is 0 Å². The third-order valence-electron chi connectivity index (χ3n) is 2.55. The Morgan fingerprint density at radius 2 is 2.12 bits per heavy atom. The smallest absolute Gasteiger partial charge is 0.307 e. The topological polar surface area (TPSA) is 61.5 Å². The van der Waals surface area contributed by atoms with Crippen molar-refractivity contribution in [2.75, 3.05) is 14.2 Å². The van der Waals surface area contributed by atoms with Crippen molar-refractivity contribution in [3.05, 3.63) is 29.6 Å². The predicted molar refractivity (Wildman–Crippen MR) is 61.1 cm³/mol. The highest BCUT2D eigenvalue weighted by Crippen LogP contribution is 2.26. The second-order valence-electron chi connectivity index (χ2n) is 4.02. The third kappa shape index (κ3) is 3.17. The summed E-state index contributed by atoms with van der Waals surface area (Å²) in [5.74, 6) is -0.805. The van der Waals surface area contributed by atoms with E-state index in [1.165, 1.54) is 26.4 Å². The zero-order chi connectivity index (χ0) is 13.1. The van der Waals surface area contributed by atoms with Crippen LogP contribution >= 0.6 is 0 Å². The van der Waals surface area contributed by atoms with Gasteiger partial charge in [-0.25, -0.2) is 4.39 Å². The number of benzene rings is 1. The van der Waals surface area contributed by atoms with E-state index in [2.05, 4.69) is 4.74 Å². The van der Waals surface area contributed by atoms with Crippen molar-refractivity contribution >= 4 is 5.97 Å². The maximum absolute atomic E-state index is 13.5. The van der Waals surface area contributed by atoms with Crippen LogP contribution in [-0.2, 0) is 15.1 Å². The van der Waals surface area contributed by atoms with Gasteiger partial charge >= 0.3 is 5.97 Å². The van der Waals surface area contributed by atoms with E-state index >= 15 is 0 Å².